The Hall–Kier alpha value is -3.67. The smallest absolute Gasteiger partial charge is 0.275 e. The molecule has 2 aromatic carbocycles. The number of hydrazone groups is 1. The number of anilines is 1. The van der Waals surface area contributed by atoms with E-state index in [4.69, 9.17) is 4.74 Å². The lowest BCUT2D eigenvalue weighted by Gasteiger charge is -2.28. The van der Waals surface area contributed by atoms with E-state index in [1.165, 1.54) is 16.4 Å². The number of phenolic OH excluding ortho intramolecular Hbond substituents is 1. The minimum Gasteiger partial charge on any atom is -0.507 e. The van der Waals surface area contributed by atoms with Gasteiger partial charge in [-0.25, -0.2) is 13.8 Å². The third kappa shape index (κ3) is 5.42. The molecule has 2 saturated heterocycles. The molecule has 2 fully saturated rings. The fraction of sp³-hybridized carbons (Fsp3) is 0.357. The van der Waals surface area contributed by atoms with Crippen LogP contribution < -0.4 is 10.3 Å². The maximum absolute atomic E-state index is 13.5. The van der Waals surface area contributed by atoms with Crippen molar-refractivity contribution in [3.63, 3.8) is 0 Å². The number of morpholine rings is 1. The quantitative estimate of drug-likeness (QED) is 0.344. The lowest BCUT2D eigenvalue weighted by molar-refractivity contribution is 0.0730. The number of aromatic nitrogens is 1. The Labute approximate surface area is 228 Å². The zero-order valence-electron chi connectivity index (χ0n) is 22.1. The highest BCUT2D eigenvalue weighted by Crippen LogP contribution is 2.34. The van der Waals surface area contributed by atoms with E-state index >= 15 is 0 Å². The van der Waals surface area contributed by atoms with Gasteiger partial charge in [0.15, 0.2) is 0 Å². The Morgan fingerprint density at radius 1 is 1.00 bits per heavy atom. The average Bonchev–Trinajstić information content (AvgIpc) is 3.57. The number of aryl methyl sites for hydroxylation is 1. The van der Waals surface area contributed by atoms with E-state index in [0.717, 1.165) is 54.3 Å². The minimum atomic E-state index is -3.68. The largest absolute Gasteiger partial charge is 0.507 e. The van der Waals surface area contributed by atoms with E-state index in [9.17, 15) is 18.3 Å². The number of sulfonamides is 1. The van der Waals surface area contributed by atoms with Crippen LogP contribution in [0, 0.1) is 13.8 Å². The van der Waals surface area contributed by atoms with Gasteiger partial charge in [0, 0.05) is 43.1 Å². The van der Waals surface area contributed by atoms with Gasteiger partial charge in [-0.15, -0.1) is 0 Å². The van der Waals surface area contributed by atoms with Crippen molar-refractivity contribution in [1.82, 2.24) is 14.3 Å². The van der Waals surface area contributed by atoms with Crippen LogP contribution in [0.15, 0.2) is 58.5 Å². The lowest BCUT2D eigenvalue weighted by atomic mass is 10.2. The van der Waals surface area contributed by atoms with Crippen LogP contribution in [0.2, 0.25) is 0 Å². The molecule has 11 heteroatoms. The predicted molar refractivity (Wildman–Crippen MR) is 149 cm³/mol. The van der Waals surface area contributed by atoms with Crippen LogP contribution in [0.5, 0.6) is 5.75 Å². The fourth-order valence-corrected chi connectivity index (χ4v) is 6.61. The molecular formula is C28H33N5O5S. The minimum absolute atomic E-state index is 0.121. The summed E-state index contributed by atoms with van der Waals surface area (Å²) in [6.45, 7) is 7.16. The second-order valence-corrected chi connectivity index (χ2v) is 11.7. The number of benzene rings is 2. The van der Waals surface area contributed by atoms with Gasteiger partial charge in [0.2, 0.25) is 10.0 Å². The SMILES string of the molecule is Cc1cc(C=NNC(=O)c2ccccc2O)c(C)n1-c1cc(S(=O)(=O)N2CCOCC2)ccc1N1CCCC1. The Balaban J connectivity index is 1.49. The molecule has 5 rings (SSSR count). The van der Waals surface area contributed by atoms with Gasteiger partial charge in [-0.05, 0) is 63.1 Å². The van der Waals surface area contributed by atoms with Gasteiger partial charge in [0.1, 0.15) is 5.75 Å². The van der Waals surface area contributed by atoms with Gasteiger partial charge in [-0.2, -0.15) is 9.41 Å². The Morgan fingerprint density at radius 3 is 2.44 bits per heavy atom. The van der Waals surface area contributed by atoms with Crippen molar-refractivity contribution in [1.29, 1.82) is 0 Å². The summed E-state index contributed by atoms with van der Waals surface area (Å²) in [6.07, 6.45) is 3.73. The molecule has 0 unspecified atom stereocenters. The third-order valence-corrected chi connectivity index (χ3v) is 9.13. The van der Waals surface area contributed by atoms with E-state index in [-0.39, 0.29) is 16.2 Å². The van der Waals surface area contributed by atoms with Crippen LogP contribution in [0.1, 0.15) is 40.2 Å². The number of hydrogen-bond acceptors (Lipinski definition) is 7. The number of rotatable bonds is 7. The number of aromatic hydroxyl groups is 1. The zero-order chi connectivity index (χ0) is 27.6. The molecule has 3 heterocycles. The molecule has 0 atom stereocenters. The van der Waals surface area contributed by atoms with Crippen molar-refractivity contribution in [2.24, 2.45) is 5.10 Å². The van der Waals surface area contributed by atoms with E-state index < -0.39 is 15.9 Å². The summed E-state index contributed by atoms with van der Waals surface area (Å²) in [5.41, 5.74) is 6.90. The van der Waals surface area contributed by atoms with Crippen LogP contribution in [-0.4, -0.2) is 73.9 Å². The Kier molecular flexibility index (Phi) is 7.74. The second-order valence-electron chi connectivity index (χ2n) is 9.74. The van der Waals surface area contributed by atoms with Crippen molar-refractivity contribution >= 4 is 27.8 Å². The van der Waals surface area contributed by atoms with Crippen molar-refractivity contribution in [2.45, 2.75) is 31.6 Å². The first-order valence-electron chi connectivity index (χ1n) is 13.0. The molecule has 2 aliphatic rings. The van der Waals surface area contributed by atoms with E-state index in [0.29, 0.717) is 26.3 Å². The highest BCUT2D eigenvalue weighted by Gasteiger charge is 2.29. The molecule has 0 spiro atoms. The highest BCUT2D eigenvalue weighted by atomic mass is 32.2. The molecular weight excluding hydrogens is 518 g/mol. The van der Waals surface area contributed by atoms with Crippen LogP contribution in [0.25, 0.3) is 5.69 Å². The van der Waals surface area contributed by atoms with Crippen molar-refractivity contribution in [3.05, 3.63) is 71.0 Å². The van der Waals surface area contributed by atoms with Crippen molar-refractivity contribution < 1.29 is 23.1 Å². The molecule has 2 N–H and O–H groups in total. The third-order valence-electron chi connectivity index (χ3n) is 7.23. The summed E-state index contributed by atoms with van der Waals surface area (Å²) in [6, 6.07) is 13.6. The molecule has 206 valence electrons. The number of carbonyl (C=O) groups is 1. The number of hydrogen-bond donors (Lipinski definition) is 2. The first-order chi connectivity index (χ1) is 18.8. The maximum Gasteiger partial charge on any atom is 0.275 e. The topological polar surface area (TPSA) is 116 Å². The average molecular weight is 552 g/mol. The predicted octanol–water partition coefficient (Wildman–Crippen LogP) is 3.18. The summed E-state index contributed by atoms with van der Waals surface area (Å²) in [4.78, 5) is 15.0. The van der Waals surface area contributed by atoms with E-state index in [1.807, 2.05) is 30.5 Å². The van der Waals surface area contributed by atoms with E-state index in [2.05, 4.69) is 15.4 Å². The number of phenols is 1. The highest BCUT2D eigenvalue weighted by molar-refractivity contribution is 7.89. The summed E-state index contributed by atoms with van der Waals surface area (Å²) < 4.78 is 35.9. The second kappa shape index (κ2) is 11.2. The first-order valence-corrected chi connectivity index (χ1v) is 14.5. The Bertz CT molecular complexity index is 1500. The Morgan fingerprint density at radius 2 is 1.72 bits per heavy atom. The van der Waals surface area contributed by atoms with Gasteiger partial charge in [0.05, 0.1) is 41.3 Å². The summed E-state index contributed by atoms with van der Waals surface area (Å²) in [5, 5.41) is 14.0. The molecule has 2 aliphatic heterocycles. The number of para-hydroxylation sites is 1. The van der Waals surface area contributed by atoms with Crippen molar-refractivity contribution in [3.8, 4) is 11.4 Å². The fourth-order valence-electron chi connectivity index (χ4n) is 5.18. The molecule has 0 radical (unpaired) electrons. The molecule has 0 saturated carbocycles. The molecule has 0 aliphatic carbocycles. The van der Waals surface area contributed by atoms with E-state index in [1.54, 1.807) is 30.5 Å². The standard InChI is InChI=1S/C28H33N5O5S/c1-20-17-22(19-29-30-28(35)24-7-3-4-8-27(24)34)21(2)33(20)26-18-23(9-10-25(26)31-11-5-6-12-31)39(36,37)32-13-15-38-16-14-32/h3-4,7-10,17-19,34H,5-6,11-16H2,1-2H3,(H,30,35). The lowest BCUT2D eigenvalue weighted by Crippen LogP contribution is -2.40. The van der Waals surface area contributed by atoms with Gasteiger partial charge in [0.25, 0.3) is 5.91 Å². The molecule has 1 amide bonds. The maximum atomic E-state index is 13.5. The number of ether oxygens (including phenoxy) is 1. The number of nitrogens with one attached hydrogen (secondary N) is 1. The molecule has 0 bridgehead atoms. The van der Waals surface area contributed by atoms with Crippen LogP contribution in [0.3, 0.4) is 0 Å². The normalized spacial score (nSPS) is 16.7. The summed E-state index contributed by atoms with van der Waals surface area (Å²) >= 11 is 0. The molecule has 39 heavy (non-hydrogen) atoms. The molecule has 1 aromatic heterocycles. The van der Waals surface area contributed by atoms with Crippen molar-refractivity contribution in [2.75, 3.05) is 44.3 Å². The van der Waals surface area contributed by atoms with Gasteiger partial charge in [-0.1, -0.05) is 12.1 Å². The zero-order valence-corrected chi connectivity index (χ0v) is 22.9. The number of amides is 1. The van der Waals surface area contributed by atoms with Crippen LogP contribution >= 0.6 is 0 Å². The molecule has 3 aromatic rings. The number of nitrogens with zero attached hydrogens (tertiary/aromatic N) is 4. The molecule has 10 nitrogen and oxygen atoms in total. The summed E-state index contributed by atoms with van der Waals surface area (Å²) in [7, 11) is -3.68. The summed E-state index contributed by atoms with van der Waals surface area (Å²) in [5.74, 6) is -0.639. The monoisotopic (exact) mass is 551 g/mol. The first kappa shape index (κ1) is 26.9. The van der Waals surface area contributed by atoms with Gasteiger partial charge < -0.3 is 19.3 Å². The van der Waals surface area contributed by atoms with Crippen LogP contribution in [0.4, 0.5) is 5.69 Å². The van der Waals surface area contributed by atoms with Crippen LogP contribution in [-0.2, 0) is 14.8 Å². The van der Waals surface area contributed by atoms with Gasteiger partial charge in [-0.3, -0.25) is 4.79 Å². The number of carbonyl (C=O) groups excluding carboxylic acids is 1. The van der Waals surface area contributed by atoms with Gasteiger partial charge >= 0.3 is 0 Å².